The zero-order valence-corrected chi connectivity index (χ0v) is 18.5. The largest absolute Gasteiger partial charge is 0.454 e. The number of hydrogen-bond donors (Lipinski definition) is 0. The molecule has 0 saturated carbocycles. The number of pyridine rings is 1. The minimum absolute atomic E-state index is 0.0441. The maximum Gasteiger partial charge on any atom is 0.250 e. The summed E-state index contributed by atoms with van der Waals surface area (Å²) in [7, 11) is 1.76. The molecule has 2 aromatic heterocycles. The summed E-state index contributed by atoms with van der Waals surface area (Å²) in [5.74, 6) is 2.94. The SMILES string of the molecule is CCn1c(C2CCOCC2)nc2c(Oc3ccccc3)c(-c3ccc(=O)n(C)c3)ccc21. The number of imidazole rings is 1. The molecule has 5 rings (SSSR count). The molecule has 2 aromatic carbocycles. The Morgan fingerprint density at radius 1 is 1.06 bits per heavy atom. The van der Waals surface area contributed by atoms with Crippen LogP contribution < -0.4 is 10.3 Å². The van der Waals surface area contributed by atoms with Crippen molar-refractivity contribution in [1.82, 2.24) is 14.1 Å². The summed E-state index contributed by atoms with van der Waals surface area (Å²) in [5, 5.41) is 0. The lowest BCUT2D eigenvalue weighted by atomic mass is 9.99. The molecule has 0 amide bonds. The monoisotopic (exact) mass is 429 g/mol. The van der Waals surface area contributed by atoms with Crippen molar-refractivity contribution in [3.05, 3.63) is 77.0 Å². The summed E-state index contributed by atoms with van der Waals surface area (Å²) in [6, 6.07) is 17.4. The van der Waals surface area contributed by atoms with E-state index in [0.717, 1.165) is 66.3 Å². The minimum Gasteiger partial charge on any atom is -0.454 e. The maximum absolute atomic E-state index is 12.0. The molecule has 6 heteroatoms. The van der Waals surface area contributed by atoms with Gasteiger partial charge in [0.2, 0.25) is 5.56 Å². The number of para-hydroxylation sites is 1. The van der Waals surface area contributed by atoms with Gasteiger partial charge in [-0.1, -0.05) is 18.2 Å². The quantitative estimate of drug-likeness (QED) is 0.442. The normalized spacial score (nSPS) is 14.7. The van der Waals surface area contributed by atoms with Crippen molar-refractivity contribution < 1.29 is 9.47 Å². The first-order valence-electron chi connectivity index (χ1n) is 11.2. The second-order valence-corrected chi connectivity index (χ2v) is 8.19. The zero-order valence-electron chi connectivity index (χ0n) is 18.5. The van der Waals surface area contributed by atoms with Gasteiger partial charge in [-0.05, 0) is 50.1 Å². The molecule has 32 heavy (non-hydrogen) atoms. The number of rotatable bonds is 5. The van der Waals surface area contributed by atoms with E-state index >= 15 is 0 Å². The number of benzene rings is 2. The van der Waals surface area contributed by atoms with Crippen LogP contribution in [0.25, 0.3) is 22.2 Å². The molecule has 0 unspecified atom stereocenters. The smallest absolute Gasteiger partial charge is 0.250 e. The summed E-state index contributed by atoms with van der Waals surface area (Å²) in [5.41, 5.74) is 3.70. The molecule has 0 spiro atoms. The molecule has 1 saturated heterocycles. The average Bonchev–Trinajstić information content (AvgIpc) is 3.21. The maximum atomic E-state index is 12.0. The van der Waals surface area contributed by atoms with Gasteiger partial charge >= 0.3 is 0 Å². The van der Waals surface area contributed by atoms with Crippen LogP contribution in [0.1, 0.15) is 31.5 Å². The molecule has 3 heterocycles. The van der Waals surface area contributed by atoms with Crippen LogP contribution in [0.4, 0.5) is 0 Å². The first-order chi connectivity index (χ1) is 15.7. The lowest BCUT2D eigenvalue weighted by Crippen LogP contribution is -2.17. The highest BCUT2D eigenvalue weighted by molar-refractivity contribution is 5.91. The fourth-order valence-electron chi connectivity index (χ4n) is 4.48. The number of hydrogen-bond acceptors (Lipinski definition) is 4. The molecule has 1 aliphatic heterocycles. The van der Waals surface area contributed by atoms with Gasteiger partial charge in [-0.25, -0.2) is 4.98 Å². The number of aromatic nitrogens is 3. The summed E-state index contributed by atoms with van der Waals surface area (Å²) in [4.78, 5) is 17.1. The molecule has 0 bridgehead atoms. The Morgan fingerprint density at radius 2 is 1.84 bits per heavy atom. The third-order valence-electron chi connectivity index (χ3n) is 6.17. The Labute approximate surface area is 187 Å². The fraction of sp³-hybridized carbons (Fsp3) is 0.308. The van der Waals surface area contributed by atoms with Gasteiger partial charge in [0.15, 0.2) is 5.75 Å². The van der Waals surface area contributed by atoms with Crippen LogP contribution in [-0.2, 0) is 18.3 Å². The molecule has 0 radical (unpaired) electrons. The Hall–Kier alpha value is -3.38. The third kappa shape index (κ3) is 3.71. The predicted octanol–water partition coefficient (Wildman–Crippen LogP) is 5.11. The summed E-state index contributed by atoms with van der Waals surface area (Å²) in [6.07, 6.45) is 3.80. The van der Waals surface area contributed by atoms with Gasteiger partial charge in [0.1, 0.15) is 17.1 Å². The number of fused-ring (bicyclic) bond motifs is 1. The molecule has 0 atom stereocenters. The van der Waals surface area contributed by atoms with E-state index in [2.05, 4.69) is 23.6 Å². The molecule has 6 nitrogen and oxygen atoms in total. The summed E-state index contributed by atoms with van der Waals surface area (Å²) < 4.78 is 15.9. The lowest BCUT2D eigenvalue weighted by Gasteiger charge is -2.22. The standard InChI is InChI=1S/C26H27N3O3/c1-3-29-22-11-10-21(19-9-12-23(30)28(2)17-19)25(32-20-7-5-4-6-8-20)24(22)27-26(29)18-13-15-31-16-14-18/h4-12,17-18H,3,13-16H2,1-2H3. The van der Waals surface area contributed by atoms with Crippen LogP contribution in [0.15, 0.2) is 65.6 Å². The van der Waals surface area contributed by atoms with E-state index < -0.39 is 0 Å². The number of ether oxygens (including phenoxy) is 2. The van der Waals surface area contributed by atoms with E-state index in [4.69, 9.17) is 14.5 Å². The van der Waals surface area contributed by atoms with E-state index in [1.54, 1.807) is 17.7 Å². The van der Waals surface area contributed by atoms with Crippen LogP contribution in [-0.4, -0.2) is 27.3 Å². The van der Waals surface area contributed by atoms with Crippen molar-refractivity contribution >= 4 is 11.0 Å². The summed E-state index contributed by atoms with van der Waals surface area (Å²) >= 11 is 0. The lowest BCUT2D eigenvalue weighted by molar-refractivity contribution is 0.0829. The fourth-order valence-corrected chi connectivity index (χ4v) is 4.48. The van der Waals surface area contributed by atoms with Crippen molar-refractivity contribution in [3.63, 3.8) is 0 Å². The molecule has 0 N–H and O–H groups in total. The van der Waals surface area contributed by atoms with Gasteiger partial charge in [0.25, 0.3) is 0 Å². The Bertz CT molecular complexity index is 1300. The van der Waals surface area contributed by atoms with Gasteiger partial charge in [0.05, 0.1) is 5.52 Å². The van der Waals surface area contributed by atoms with Gasteiger partial charge in [-0.15, -0.1) is 0 Å². The van der Waals surface area contributed by atoms with Crippen molar-refractivity contribution in [2.24, 2.45) is 7.05 Å². The molecule has 164 valence electrons. The third-order valence-corrected chi connectivity index (χ3v) is 6.17. The van der Waals surface area contributed by atoms with E-state index in [-0.39, 0.29) is 5.56 Å². The molecule has 1 aliphatic rings. The summed E-state index contributed by atoms with van der Waals surface area (Å²) in [6.45, 7) is 4.54. The van der Waals surface area contributed by atoms with Crippen LogP contribution in [0, 0.1) is 0 Å². The zero-order chi connectivity index (χ0) is 22.1. The Morgan fingerprint density at radius 3 is 2.56 bits per heavy atom. The van der Waals surface area contributed by atoms with E-state index in [0.29, 0.717) is 11.7 Å². The highest BCUT2D eigenvalue weighted by Crippen LogP contribution is 2.41. The van der Waals surface area contributed by atoms with Crippen molar-refractivity contribution in [3.8, 4) is 22.6 Å². The van der Waals surface area contributed by atoms with Gasteiger partial charge in [-0.2, -0.15) is 0 Å². The molecular weight excluding hydrogens is 402 g/mol. The minimum atomic E-state index is -0.0441. The van der Waals surface area contributed by atoms with Gasteiger partial charge in [0, 0.05) is 56.1 Å². The first kappa shape index (κ1) is 20.5. The number of aryl methyl sites for hydroxylation is 2. The molecule has 1 fully saturated rings. The van der Waals surface area contributed by atoms with E-state index in [9.17, 15) is 4.79 Å². The van der Waals surface area contributed by atoms with E-state index in [1.165, 1.54) is 0 Å². The topological polar surface area (TPSA) is 58.3 Å². The number of nitrogens with zero attached hydrogens (tertiary/aromatic N) is 3. The molecule has 0 aliphatic carbocycles. The highest BCUT2D eigenvalue weighted by atomic mass is 16.5. The van der Waals surface area contributed by atoms with Crippen molar-refractivity contribution in [1.29, 1.82) is 0 Å². The molecular formula is C26H27N3O3. The van der Waals surface area contributed by atoms with Crippen LogP contribution in [0.3, 0.4) is 0 Å². The average molecular weight is 430 g/mol. The Kier molecular flexibility index (Phi) is 5.53. The van der Waals surface area contributed by atoms with Crippen molar-refractivity contribution in [2.45, 2.75) is 32.2 Å². The highest BCUT2D eigenvalue weighted by Gasteiger charge is 2.25. The second-order valence-electron chi connectivity index (χ2n) is 8.19. The van der Waals surface area contributed by atoms with Crippen LogP contribution in [0.2, 0.25) is 0 Å². The second kappa shape index (κ2) is 8.63. The predicted molar refractivity (Wildman–Crippen MR) is 125 cm³/mol. The van der Waals surface area contributed by atoms with E-state index in [1.807, 2.05) is 42.6 Å². The van der Waals surface area contributed by atoms with Crippen molar-refractivity contribution in [2.75, 3.05) is 13.2 Å². The molecule has 4 aromatic rings. The first-order valence-corrected chi connectivity index (χ1v) is 11.2. The van der Waals surface area contributed by atoms with Gasteiger partial charge in [-0.3, -0.25) is 4.79 Å². The van der Waals surface area contributed by atoms with Gasteiger partial charge < -0.3 is 18.6 Å². The Balaban J connectivity index is 1.73. The van der Waals surface area contributed by atoms with Crippen LogP contribution in [0.5, 0.6) is 11.5 Å². The van der Waals surface area contributed by atoms with Crippen LogP contribution >= 0.6 is 0 Å².